The fourth-order valence-electron chi connectivity index (χ4n) is 2.85. The van der Waals surface area contributed by atoms with Gasteiger partial charge in [0.1, 0.15) is 9.88 Å². The first-order chi connectivity index (χ1) is 10.7. The van der Waals surface area contributed by atoms with Crippen LogP contribution in [0.3, 0.4) is 0 Å². The Morgan fingerprint density at radius 2 is 2.04 bits per heavy atom. The SMILES string of the molecule is Cc1nc(-c2cccs2)sc1-c1nc(C2(N)CCCC2)no1.Cl. The third-order valence-corrected chi connectivity index (χ3v) is 6.27. The lowest BCUT2D eigenvalue weighted by Gasteiger charge is -2.17. The molecule has 0 saturated heterocycles. The van der Waals surface area contributed by atoms with Gasteiger partial charge in [0.25, 0.3) is 5.89 Å². The van der Waals surface area contributed by atoms with E-state index in [1.54, 1.807) is 22.7 Å². The standard InChI is InChI=1S/C15H16N4OS2.ClH/c1-9-11(22-13(17-9)10-5-4-8-21-10)12-18-14(19-20-12)15(16)6-2-3-7-15;/h4-5,8H,2-3,6-7,16H2,1H3;1H. The zero-order valence-corrected chi connectivity index (χ0v) is 15.1. The summed E-state index contributed by atoms with van der Waals surface area (Å²) in [4.78, 5) is 11.3. The molecule has 1 aliphatic carbocycles. The molecule has 0 atom stereocenters. The van der Waals surface area contributed by atoms with E-state index in [1.165, 1.54) is 0 Å². The van der Waals surface area contributed by atoms with E-state index >= 15 is 0 Å². The summed E-state index contributed by atoms with van der Waals surface area (Å²) >= 11 is 3.27. The predicted molar refractivity (Wildman–Crippen MR) is 95.0 cm³/mol. The summed E-state index contributed by atoms with van der Waals surface area (Å²) in [5, 5.41) is 7.17. The number of hydrogen-bond donors (Lipinski definition) is 1. The van der Waals surface area contributed by atoms with Crippen LogP contribution in [0.4, 0.5) is 0 Å². The van der Waals surface area contributed by atoms with Crippen LogP contribution in [0.2, 0.25) is 0 Å². The van der Waals surface area contributed by atoms with Gasteiger partial charge in [-0.1, -0.05) is 24.1 Å². The van der Waals surface area contributed by atoms with Crippen molar-refractivity contribution in [2.75, 3.05) is 0 Å². The zero-order chi connectivity index (χ0) is 15.2. The average Bonchev–Trinajstić information content (AvgIpc) is 3.25. The van der Waals surface area contributed by atoms with Gasteiger partial charge < -0.3 is 10.3 Å². The Balaban J connectivity index is 0.00000156. The first kappa shape index (κ1) is 16.6. The van der Waals surface area contributed by atoms with Crippen LogP contribution in [0.5, 0.6) is 0 Å². The van der Waals surface area contributed by atoms with Crippen LogP contribution in [0.1, 0.15) is 37.2 Å². The van der Waals surface area contributed by atoms with E-state index in [4.69, 9.17) is 10.3 Å². The molecule has 3 heterocycles. The van der Waals surface area contributed by atoms with Gasteiger partial charge >= 0.3 is 0 Å². The largest absolute Gasteiger partial charge is 0.333 e. The van der Waals surface area contributed by atoms with Crippen molar-refractivity contribution in [3.8, 4) is 20.7 Å². The van der Waals surface area contributed by atoms with Crippen LogP contribution in [0, 0.1) is 6.92 Å². The Hall–Kier alpha value is -1.28. The molecule has 5 nitrogen and oxygen atoms in total. The molecule has 1 saturated carbocycles. The van der Waals surface area contributed by atoms with Crippen LogP contribution in [-0.2, 0) is 5.54 Å². The van der Waals surface area contributed by atoms with Gasteiger partial charge in [-0.05, 0) is 31.2 Å². The molecule has 2 N–H and O–H groups in total. The number of nitrogens with zero attached hydrogens (tertiary/aromatic N) is 3. The molecule has 3 aromatic rings. The third kappa shape index (κ3) is 2.94. The van der Waals surface area contributed by atoms with Gasteiger partial charge in [0, 0.05) is 0 Å². The smallest absolute Gasteiger partial charge is 0.270 e. The lowest BCUT2D eigenvalue weighted by Crippen LogP contribution is -2.34. The van der Waals surface area contributed by atoms with E-state index < -0.39 is 5.54 Å². The number of hydrogen-bond acceptors (Lipinski definition) is 7. The minimum absolute atomic E-state index is 0. The number of aromatic nitrogens is 3. The molecule has 0 unspecified atom stereocenters. The number of halogens is 1. The van der Waals surface area contributed by atoms with Crippen molar-refractivity contribution in [1.29, 1.82) is 0 Å². The van der Waals surface area contributed by atoms with E-state index in [2.05, 4.69) is 26.6 Å². The van der Waals surface area contributed by atoms with Gasteiger partial charge in [0.15, 0.2) is 5.82 Å². The number of thiophene rings is 1. The van der Waals surface area contributed by atoms with Crippen LogP contribution in [0.15, 0.2) is 22.0 Å². The van der Waals surface area contributed by atoms with Crippen LogP contribution in [-0.4, -0.2) is 15.1 Å². The molecule has 0 bridgehead atoms. The Morgan fingerprint density at radius 3 is 2.74 bits per heavy atom. The molecular weight excluding hydrogens is 352 g/mol. The van der Waals surface area contributed by atoms with Gasteiger partial charge in [-0.15, -0.1) is 35.1 Å². The maximum absolute atomic E-state index is 6.40. The van der Waals surface area contributed by atoms with Crippen LogP contribution >= 0.6 is 35.1 Å². The van der Waals surface area contributed by atoms with E-state index in [0.717, 1.165) is 46.1 Å². The lowest BCUT2D eigenvalue weighted by atomic mass is 9.99. The first-order valence-corrected chi connectivity index (χ1v) is 9.00. The molecule has 1 fully saturated rings. The maximum Gasteiger partial charge on any atom is 0.270 e. The average molecular weight is 369 g/mol. The summed E-state index contributed by atoms with van der Waals surface area (Å²) < 4.78 is 5.47. The van der Waals surface area contributed by atoms with Gasteiger partial charge in [-0.3, -0.25) is 0 Å². The van der Waals surface area contributed by atoms with Crippen LogP contribution in [0.25, 0.3) is 20.7 Å². The van der Waals surface area contributed by atoms with Crippen molar-refractivity contribution in [3.63, 3.8) is 0 Å². The van der Waals surface area contributed by atoms with Crippen molar-refractivity contribution >= 4 is 35.1 Å². The summed E-state index contributed by atoms with van der Waals surface area (Å²) in [5.41, 5.74) is 6.89. The summed E-state index contributed by atoms with van der Waals surface area (Å²) in [5.74, 6) is 1.16. The van der Waals surface area contributed by atoms with Crippen molar-refractivity contribution < 1.29 is 4.52 Å². The molecule has 8 heteroatoms. The topological polar surface area (TPSA) is 77.8 Å². The number of thiazole rings is 1. The molecule has 0 radical (unpaired) electrons. The number of rotatable bonds is 3. The fraction of sp³-hybridized carbons (Fsp3) is 0.400. The maximum atomic E-state index is 6.40. The summed E-state index contributed by atoms with van der Waals surface area (Å²) in [7, 11) is 0. The first-order valence-electron chi connectivity index (χ1n) is 7.30. The van der Waals surface area contributed by atoms with Crippen molar-refractivity contribution in [3.05, 3.63) is 29.0 Å². The molecule has 122 valence electrons. The molecule has 23 heavy (non-hydrogen) atoms. The lowest BCUT2D eigenvalue weighted by molar-refractivity contribution is 0.373. The molecule has 0 aromatic carbocycles. The van der Waals surface area contributed by atoms with E-state index in [-0.39, 0.29) is 12.4 Å². The highest BCUT2D eigenvalue weighted by molar-refractivity contribution is 7.22. The van der Waals surface area contributed by atoms with E-state index in [9.17, 15) is 0 Å². The van der Waals surface area contributed by atoms with Gasteiger partial charge in [0.2, 0.25) is 0 Å². The second kappa shape index (κ2) is 6.32. The highest BCUT2D eigenvalue weighted by atomic mass is 35.5. The number of nitrogens with two attached hydrogens (primary N) is 1. The molecule has 1 aliphatic rings. The van der Waals surface area contributed by atoms with E-state index in [1.807, 2.05) is 13.0 Å². The van der Waals surface area contributed by atoms with Gasteiger partial charge in [0.05, 0.1) is 16.1 Å². The Labute approximate surface area is 148 Å². The molecule has 3 aromatic heterocycles. The Morgan fingerprint density at radius 1 is 1.26 bits per heavy atom. The van der Waals surface area contributed by atoms with E-state index in [0.29, 0.717) is 11.7 Å². The Kier molecular flexibility index (Phi) is 4.55. The normalized spacial score (nSPS) is 16.4. The monoisotopic (exact) mass is 368 g/mol. The molecule has 0 spiro atoms. The highest BCUT2D eigenvalue weighted by Crippen LogP contribution is 2.39. The second-order valence-corrected chi connectivity index (χ2v) is 7.64. The van der Waals surface area contributed by atoms with Gasteiger partial charge in [-0.2, -0.15) is 4.98 Å². The summed E-state index contributed by atoms with van der Waals surface area (Å²) in [6, 6.07) is 4.10. The minimum atomic E-state index is -0.420. The third-order valence-electron chi connectivity index (χ3n) is 4.09. The van der Waals surface area contributed by atoms with Crippen LogP contribution < -0.4 is 5.73 Å². The Bertz CT molecular complexity index is 790. The quantitative estimate of drug-likeness (QED) is 0.742. The molecule has 4 rings (SSSR count). The zero-order valence-electron chi connectivity index (χ0n) is 12.6. The van der Waals surface area contributed by atoms with Crippen molar-refractivity contribution in [1.82, 2.24) is 15.1 Å². The molecule has 0 amide bonds. The number of aryl methyl sites for hydroxylation is 1. The summed E-state index contributed by atoms with van der Waals surface area (Å²) in [6.07, 6.45) is 4.10. The highest BCUT2D eigenvalue weighted by Gasteiger charge is 2.36. The van der Waals surface area contributed by atoms with Crippen molar-refractivity contribution in [2.24, 2.45) is 5.73 Å². The molecule has 0 aliphatic heterocycles. The molecular formula is C15H17ClN4OS2. The summed E-state index contributed by atoms with van der Waals surface area (Å²) in [6.45, 7) is 1.97. The second-order valence-electron chi connectivity index (χ2n) is 5.70. The minimum Gasteiger partial charge on any atom is -0.333 e. The van der Waals surface area contributed by atoms with Gasteiger partial charge in [-0.25, -0.2) is 4.98 Å². The van der Waals surface area contributed by atoms with Crippen molar-refractivity contribution in [2.45, 2.75) is 38.1 Å². The predicted octanol–water partition coefficient (Wildman–Crippen LogP) is 4.38. The fourth-order valence-corrected chi connectivity index (χ4v) is 4.63.